The second-order valence-electron chi connectivity index (χ2n) is 4.89. The van der Waals surface area contributed by atoms with E-state index in [2.05, 4.69) is 15.5 Å². The molecule has 0 radical (unpaired) electrons. The van der Waals surface area contributed by atoms with Gasteiger partial charge in [-0.1, -0.05) is 5.16 Å². The van der Waals surface area contributed by atoms with Crippen LogP contribution >= 0.6 is 0 Å². The quantitative estimate of drug-likeness (QED) is 0.849. The molecule has 2 unspecified atom stereocenters. The van der Waals surface area contributed by atoms with Crippen molar-refractivity contribution >= 4 is 0 Å². The fraction of sp³-hybridized carbons (Fsp3) is 0.833. The van der Waals surface area contributed by atoms with Crippen LogP contribution < -0.4 is 5.32 Å². The first-order valence-electron chi connectivity index (χ1n) is 6.59. The van der Waals surface area contributed by atoms with Gasteiger partial charge in [0.2, 0.25) is 11.7 Å². The lowest BCUT2D eigenvalue weighted by Gasteiger charge is -2.20. The van der Waals surface area contributed by atoms with Crippen molar-refractivity contribution in [3.63, 3.8) is 0 Å². The summed E-state index contributed by atoms with van der Waals surface area (Å²) in [6, 6.07) is 0. The molecule has 2 saturated heterocycles. The van der Waals surface area contributed by atoms with Gasteiger partial charge in [0.1, 0.15) is 6.10 Å². The predicted octanol–water partition coefficient (Wildman–Crippen LogP) is 1.78. The number of ether oxygens (including phenoxy) is 1. The Morgan fingerprint density at radius 3 is 2.94 bits per heavy atom. The summed E-state index contributed by atoms with van der Waals surface area (Å²) in [5.41, 5.74) is 0. The van der Waals surface area contributed by atoms with Crippen LogP contribution in [0.25, 0.3) is 0 Å². The highest BCUT2D eigenvalue weighted by molar-refractivity contribution is 4.99. The number of hydrogen-bond acceptors (Lipinski definition) is 5. The molecule has 2 aliphatic heterocycles. The summed E-state index contributed by atoms with van der Waals surface area (Å²) < 4.78 is 11.0. The minimum absolute atomic E-state index is 0.0535. The van der Waals surface area contributed by atoms with Crippen molar-refractivity contribution in [2.45, 2.75) is 44.1 Å². The van der Waals surface area contributed by atoms with Gasteiger partial charge in [0.15, 0.2) is 0 Å². The second kappa shape index (κ2) is 5.14. The number of rotatable bonds is 2. The van der Waals surface area contributed by atoms with E-state index in [1.807, 2.05) is 0 Å². The summed E-state index contributed by atoms with van der Waals surface area (Å²) in [7, 11) is 0. The average Bonchev–Trinajstić information content (AvgIpc) is 2.90. The lowest BCUT2D eigenvalue weighted by Crippen LogP contribution is -2.28. The lowest BCUT2D eigenvalue weighted by molar-refractivity contribution is 0.00821. The van der Waals surface area contributed by atoms with E-state index in [0.717, 1.165) is 50.7 Å². The molecule has 2 aliphatic rings. The van der Waals surface area contributed by atoms with Crippen LogP contribution in [0.3, 0.4) is 0 Å². The normalized spacial score (nSPS) is 30.4. The Kier molecular flexibility index (Phi) is 3.38. The van der Waals surface area contributed by atoms with Gasteiger partial charge in [-0.2, -0.15) is 4.98 Å². The van der Waals surface area contributed by atoms with Crippen LogP contribution in [0, 0.1) is 0 Å². The Morgan fingerprint density at radius 2 is 2.18 bits per heavy atom. The van der Waals surface area contributed by atoms with Crippen LogP contribution in [0.15, 0.2) is 4.52 Å². The Labute approximate surface area is 101 Å². The van der Waals surface area contributed by atoms with Crippen molar-refractivity contribution in [3.8, 4) is 0 Å². The summed E-state index contributed by atoms with van der Waals surface area (Å²) in [5, 5.41) is 7.44. The van der Waals surface area contributed by atoms with Gasteiger partial charge in [0, 0.05) is 13.2 Å². The zero-order valence-corrected chi connectivity index (χ0v) is 10.0. The first kappa shape index (κ1) is 11.2. The molecule has 94 valence electrons. The smallest absolute Gasteiger partial charge is 0.231 e. The van der Waals surface area contributed by atoms with E-state index in [9.17, 15) is 0 Å². The molecule has 0 saturated carbocycles. The molecule has 0 spiro atoms. The Balaban J connectivity index is 1.68. The SMILES string of the molecule is C1CCC(c2noc(C3CCCNC3)n2)OC1. The monoisotopic (exact) mass is 237 g/mol. The van der Waals surface area contributed by atoms with E-state index >= 15 is 0 Å². The standard InChI is InChI=1S/C12H19N3O2/c1-2-7-16-10(5-1)11-14-12(17-15-11)9-4-3-6-13-8-9/h9-10,13H,1-8H2. The first-order chi connectivity index (χ1) is 8.43. The summed E-state index contributed by atoms with van der Waals surface area (Å²) in [5.74, 6) is 1.90. The summed E-state index contributed by atoms with van der Waals surface area (Å²) in [6.07, 6.45) is 5.73. The summed E-state index contributed by atoms with van der Waals surface area (Å²) >= 11 is 0. The maximum absolute atomic E-state index is 5.66. The molecule has 1 N–H and O–H groups in total. The van der Waals surface area contributed by atoms with Crippen LogP contribution in [0.2, 0.25) is 0 Å². The predicted molar refractivity (Wildman–Crippen MR) is 61.7 cm³/mol. The fourth-order valence-electron chi connectivity index (χ4n) is 2.55. The number of nitrogens with zero attached hydrogens (tertiary/aromatic N) is 2. The highest BCUT2D eigenvalue weighted by Crippen LogP contribution is 2.28. The van der Waals surface area contributed by atoms with Crippen molar-refractivity contribution in [3.05, 3.63) is 11.7 Å². The molecule has 3 rings (SSSR count). The van der Waals surface area contributed by atoms with Gasteiger partial charge in [0.25, 0.3) is 0 Å². The zero-order valence-electron chi connectivity index (χ0n) is 10.0. The zero-order chi connectivity index (χ0) is 11.5. The van der Waals surface area contributed by atoms with Crippen molar-refractivity contribution in [2.24, 2.45) is 0 Å². The van der Waals surface area contributed by atoms with Crippen molar-refractivity contribution in [1.82, 2.24) is 15.5 Å². The third kappa shape index (κ3) is 2.50. The van der Waals surface area contributed by atoms with Gasteiger partial charge in [-0.25, -0.2) is 0 Å². The number of piperidine rings is 1. The molecule has 3 heterocycles. The van der Waals surface area contributed by atoms with Crippen LogP contribution in [-0.2, 0) is 4.74 Å². The summed E-state index contributed by atoms with van der Waals surface area (Å²) in [6.45, 7) is 2.87. The lowest BCUT2D eigenvalue weighted by atomic mass is 10.00. The van der Waals surface area contributed by atoms with E-state index in [1.54, 1.807) is 0 Å². The van der Waals surface area contributed by atoms with Crippen LogP contribution in [0.1, 0.15) is 55.8 Å². The Hall–Kier alpha value is -0.940. The maximum Gasteiger partial charge on any atom is 0.231 e. The minimum Gasteiger partial charge on any atom is -0.370 e. The number of hydrogen-bond donors (Lipinski definition) is 1. The van der Waals surface area contributed by atoms with E-state index in [-0.39, 0.29) is 6.10 Å². The topological polar surface area (TPSA) is 60.2 Å². The molecule has 0 aromatic carbocycles. The molecule has 2 fully saturated rings. The Morgan fingerprint density at radius 1 is 1.18 bits per heavy atom. The molecule has 0 bridgehead atoms. The minimum atomic E-state index is 0.0535. The molecule has 0 amide bonds. The first-order valence-corrected chi connectivity index (χ1v) is 6.59. The van der Waals surface area contributed by atoms with Crippen LogP contribution in [-0.4, -0.2) is 29.8 Å². The van der Waals surface area contributed by atoms with Gasteiger partial charge in [-0.3, -0.25) is 0 Å². The molecule has 1 aromatic rings. The van der Waals surface area contributed by atoms with Crippen LogP contribution in [0.5, 0.6) is 0 Å². The van der Waals surface area contributed by atoms with Gasteiger partial charge in [0.05, 0.1) is 5.92 Å². The van der Waals surface area contributed by atoms with Crippen molar-refractivity contribution in [1.29, 1.82) is 0 Å². The molecular formula is C12H19N3O2. The highest BCUT2D eigenvalue weighted by atomic mass is 16.5. The number of nitrogens with one attached hydrogen (secondary N) is 1. The number of aromatic nitrogens is 2. The van der Waals surface area contributed by atoms with Crippen molar-refractivity contribution < 1.29 is 9.26 Å². The van der Waals surface area contributed by atoms with E-state index in [0.29, 0.717) is 5.92 Å². The summed E-state index contributed by atoms with van der Waals surface area (Å²) in [4.78, 5) is 4.51. The Bertz CT molecular complexity index is 322. The molecule has 0 aliphatic carbocycles. The van der Waals surface area contributed by atoms with Gasteiger partial charge < -0.3 is 14.6 Å². The molecule has 5 nitrogen and oxygen atoms in total. The van der Waals surface area contributed by atoms with Gasteiger partial charge >= 0.3 is 0 Å². The molecule has 2 atom stereocenters. The average molecular weight is 237 g/mol. The third-order valence-electron chi connectivity index (χ3n) is 3.57. The maximum atomic E-state index is 5.66. The van der Waals surface area contributed by atoms with Gasteiger partial charge in [-0.15, -0.1) is 0 Å². The fourth-order valence-corrected chi connectivity index (χ4v) is 2.55. The highest BCUT2D eigenvalue weighted by Gasteiger charge is 2.25. The largest absolute Gasteiger partial charge is 0.370 e. The molecular weight excluding hydrogens is 218 g/mol. The van der Waals surface area contributed by atoms with E-state index < -0.39 is 0 Å². The van der Waals surface area contributed by atoms with Gasteiger partial charge in [-0.05, 0) is 38.6 Å². The third-order valence-corrected chi connectivity index (χ3v) is 3.57. The van der Waals surface area contributed by atoms with Crippen LogP contribution in [0.4, 0.5) is 0 Å². The van der Waals surface area contributed by atoms with E-state index in [1.165, 1.54) is 12.8 Å². The second-order valence-corrected chi connectivity index (χ2v) is 4.89. The molecule has 5 heteroatoms. The van der Waals surface area contributed by atoms with E-state index in [4.69, 9.17) is 9.26 Å². The molecule has 1 aromatic heterocycles. The molecule has 17 heavy (non-hydrogen) atoms. The van der Waals surface area contributed by atoms with Crippen molar-refractivity contribution in [2.75, 3.05) is 19.7 Å².